The van der Waals surface area contributed by atoms with E-state index in [-0.39, 0.29) is 11.8 Å². The van der Waals surface area contributed by atoms with Gasteiger partial charge in [0.05, 0.1) is 0 Å². The highest BCUT2D eigenvalue weighted by atomic mass is 16.5. The predicted molar refractivity (Wildman–Crippen MR) is 56.8 cm³/mol. The van der Waals surface area contributed by atoms with E-state index in [1.165, 1.54) is 6.92 Å². The minimum Gasteiger partial charge on any atom is -0.427 e. The Balaban J connectivity index is 2.74. The molecule has 0 unspecified atom stereocenters. The van der Waals surface area contributed by atoms with Gasteiger partial charge in [0.25, 0.3) is 0 Å². The SMILES string of the molecule is CCC(=O)Oc1cccc(CC(C)=O)c1. The van der Waals surface area contributed by atoms with Crippen molar-refractivity contribution in [3.05, 3.63) is 29.8 Å². The Kier molecular flexibility index (Phi) is 4.03. The van der Waals surface area contributed by atoms with Crippen molar-refractivity contribution in [3.63, 3.8) is 0 Å². The summed E-state index contributed by atoms with van der Waals surface area (Å²) in [6, 6.07) is 7.04. The van der Waals surface area contributed by atoms with Crippen LogP contribution in [-0.4, -0.2) is 11.8 Å². The second-order valence-corrected chi connectivity index (χ2v) is 3.35. The molecule has 0 spiro atoms. The zero-order chi connectivity index (χ0) is 11.3. The second-order valence-electron chi connectivity index (χ2n) is 3.35. The van der Waals surface area contributed by atoms with E-state index in [0.717, 1.165) is 5.56 Å². The molecular formula is C12H14O3. The van der Waals surface area contributed by atoms with Gasteiger partial charge in [0.15, 0.2) is 0 Å². The zero-order valence-corrected chi connectivity index (χ0v) is 8.95. The Morgan fingerprint density at radius 3 is 2.67 bits per heavy atom. The zero-order valence-electron chi connectivity index (χ0n) is 8.95. The molecule has 0 aromatic heterocycles. The van der Waals surface area contributed by atoms with Crippen LogP contribution in [0.25, 0.3) is 0 Å². The van der Waals surface area contributed by atoms with Gasteiger partial charge < -0.3 is 4.74 Å². The van der Waals surface area contributed by atoms with E-state index in [9.17, 15) is 9.59 Å². The molecule has 0 aliphatic carbocycles. The Morgan fingerprint density at radius 2 is 2.07 bits per heavy atom. The molecular weight excluding hydrogens is 192 g/mol. The monoisotopic (exact) mass is 206 g/mol. The van der Waals surface area contributed by atoms with Crippen molar-refractivity contribution in [1.29, 1.82) is 0 Å². The van der Waals surface area contributed by atoms with Gasteiger partial charge in [-0.05, 0) is 24.6 Å². The highest BCUT2D eigenvalue weighted by molar-refractivity contribution is 5.78. The maximum absolute atomic E-state index is 11.0. The number of benzene rings is 1. The van der Waals surface area contributed by atoms with Crippen LogP contribution in [0.2, 0.25) is 0 Å². The predicted octanol–water partition coefficient (Wildman–Crippen LogP) is 2.13. The standard InChI is InChI=1S/C12H14O3/c1-3-12(14)15-11-6-4-5-10(8-11)7-9(2)13/h4-6,8H,3,7H2,1-2H3. The third-order valence-electron chi connectivity index (χ3n) is 1.87. The summed E-state index contributed by atoms with van der Waals surface area (Å²) < 4.78 is 5.04. The van der Waals surface area contributed by atoms with Crippen LogP contribution in [0.1, 0.15) is 25.8 Å². The molecule has 0 aliphatic rings. The fourth-order valence-electron chi connectivity index (χ4n) is 1.21. The molecule has 0 fully saturated rings. The fraction of sp³-hybridized carbons (Fsp3) is 0.333. The minimum absolute atomic E-state index is 0.0916. The maximum Gasteiger partial charge on any atom is 0.310 e. The van der Waals surface area contributed by atoms with Crippen LogP contribution in [0.15, 0.2) is 24.3 Å². The van der Waals surface area contributed by atoms with Crippen molar-refractivity contribution >= 4 is 11.8 Å². The first-order valence-electron chi connectivity index (χ1n) is 4.91. The van der Waals surface area contributed by atoms with Gasteiger partial charge in [-0.15, -0.1) is 0 Å². The number of hydrogen-bond donors (Lipinski definition) is 0. The van der Waals surface area contributed by atoms with Crippen molar-refractivity contribution in [1.82, 2.24) is 0 Å². The highest BCUT2D eigenvalue weighted by Crippen LogP contribution is 2.14. The molecule has 80 valence electrons. The van der Waals surface area contributed by atoms with Crippen LogP contribution in [0.5, 0.6) is 5.75 Å². The van der Waals surface area contributed by atoms with E-state index in [0.29, 0.717) is 18.6 Å². The fourth-order valence-corrected chi connectivity index (χ4v) is 1.21. The molecule has 3 nitrogen and oxygen atoms in total. The summed E-state index contributed by atoms with van der Waals surface area (Å²) in [6.07, 6.45) is 0.717. The number of ketones is 1. The Morgan fingerprint density at radius 1 is 1.33 bits per heavy atom. The molecule has 1 rings (SSSR count). The van der Waals surface area contributed by atoms with Gasteiger partial charge in [-0.3, -0.25) is 9.59 Å². The van der Waals surface area contributed by atoms with Crippen LogP contribution < -0.4 is 4.74 Å². The number of ether oxygens (including phenoxy) is 1. The van der Waals surface area contributed by atoms with E-state index in [1.54, 1.807) is 25.1 Å². The average Bonchev–Trinajstić information content (AvgIpc) is 2.17. The maximum atomic E-state index is 11.0. The van der Waals surface area contributed by atoms with E-state index >= 15 is 0 Å². The van der Waals surface area contributed by atoms with Gasteiger partial charge >= 0.3 is 5.97 Å². The lowest BCUT2D eigenvalue weighted by Gasteiger charge is -2.04. The molecule has 0 radical (unpaired) electrons. The summed E-state index contributed by atoms with van der Waals surface area (Å²) in [6.45, 7) is 3.27. The topological polar surface area (TPSA) is 43.4 Å². The van der Waals surface area contributed by atoms with Crippen molar-refractivity contribution in [2.75, 3.05) is 0 Å². The molecule has 1 aromatic carbocycles. The third-order valence-corrected chi connectivity index (χ3v) is 1.87. The number of esters is 1. The molecule has 0 saturated carbocycles. The molecule has 0 saturated heterocycles. The van der Waals surface area contributed by atoms with Crippen molar-refractivity contribution < 1.29 is 14.3 Å². The summed E-state index contributed by atoms with van der Waals surface area (Å²) in [4.78, 5) is 21.9. The first kappa shape index (κ1) is 11.4. The van der Waals surface area contributed by atoms with Gasteiger partial charge in [0, 0.05) is 12.8 Å². The normalized spacial score (nSPS) is 9.73. The Labute approximate surface area is 89.1 Å². The minimum atomic E-state index is -0.269. The molecule has 0 atom stereocenters. The van der Waals surface area contributed by atoms with Crippen LogP contribution in [-0.2, 0) is 16.0 Å². The number of Topliss-reactive ketones (excluding diaryl/α,β-unsaturated/α-hetero) is 1. The molecule has 0 N–H and O–H groups in total. The van der Waals surface area contributed by atoms with Crippen molar-refractivity contribution in [2.45, 2.75) is 26.7 Å². The lowest BCUT2D eigenvalue weighted by Crippen LogP contribution is -2.06. The molecule has 0 aliphatic heterocycles. The van der Waals surface area contributed by atoms with Crippen molar-refractivity contribution in [3.8, 4) is 5.75 Å². The molecule has 3 heteroatoms. The van der Waals surface area contributed by atoms with Crippen LogP contribution in [0.3, 0.4) is 0 Å². The number of hydrogen-bond acceptors (Lipinski definition) is 3. The van der Waals surface area contributed by atoms with E-state index in [2.05, 4.69) is 0 Å². The summed E-state index contributed by atoms with van der Waals surface area (Å²) >= 11 is 0. The lowest BCUT2D eigenvalue weighted by molar-refractivity contribution is -0.134. The summed E-state index contributed by atoms with van der Waals surface area (Å²) in [5.74, 6) is 0.324. The summed E-state index contributed by atoms with van der Waals surface area (Å²) in [5, 5.41) is 0. The van der Waals surface area contributed by atoms with Gasteiger partial charge in [-0.1, -0.05) is 19.1 Å². The quantitative estimate of drug-likeness (QED) is 0.560. The van der Waals surface area contributed by atoms with Gasteiger partial charge in [-0.2, -0.15) is 0 Å². The smallest absolute Gasteiger partial charge is 0.310 e. The van der Waals surface area contributed by atoms with Gasteiger partial charge in [0.2, 0.25) is 0 Å². The van der Waals surface area contributed by atoms with E-state index < -0.39 is 0 Å². The molecule has 0 amide bonds. The number of carbonyl (C=O) groups excluding carboxylic acids is 2. The van der Waals surface area contributed by atoms with E-state index in [1.807, 2.05) is 6.07 Å². The molecule has 0 heterocycles. The van der Waals surface area contributed by atoms with Crippen molar-refractivity contribution in [2.24, 2.45) is 0 Å². The molecule has 1 aromatic rings. The van der Waals surface area contributed by atoms with Crippen LogP contribution >= 0.6 is 0 Å². The Bertz CT molecular complexity index is 369. The van der Waals surface area contributed by atoms with E-state index in [4.69, 9.17) is 4.74 Å². The van der Waals surface area contributed by atoms with Gasteiger partial charge in [-0.25, -0.2) is 0 Å². The second kappa shape index (κ2) is 5.29. The summed E-state index contributed by atoms with van der Waals surface area (Å²) in [5.41, 5.74) is 0.865. The lowest BCUT2D eigenvalue weighted by atomic mass is 10.1. The van der Waals surface area contributed by atoms with Crippen LogP contribution in [0.4, 0.5) is 0 Å². The Hall–Kier alpha value is -1.64. The first-order chi connectivity index (χ1) is 7.11. The third kappa shape index (κ3) is 3.94. The number of rotatable bonds is 4. The average molecular weight is 206 g/mol. The largest absolute Gasteiger partial charge is 0.427 e. The van der Waals surface area contributed by atoms with Gasteiger partial charge in [0.1, 0.15) is 11.5 Å². The highest BCUT2D eigenvalue weighted by Gasteiger charge is 2.03. The first-order valence-corrected chi connectivity index (χ1v) is 4.91. The van der Waals surface area contributed by atoms with Crippen LogP contribution in [0, 0.1) is 0 Å². The summed E-state index contributed by atoms with van der Waals surface area (Å²) in [7, 11) is 0. The molecule has 15 heavy (non-hydrogen) atoms. The molecule has 0 bridgehead atoms. The number of carbonyl (C=O) groups is 2.